The monoisotopic (exact) mass is 1920 g/mol. The van der Waals surface area contributed by atoms with E-state index in [-0.39, 0.29) is 166 Å². The molecule has 14 atom stereocenters. The van der Waals surface area contributed by atoms with Gasteiger partial charge in [-0.2, -0.15) is 0 Å². The molecule has 30 N–H and O–H groups in total. The number of carbonyl (C=O) groups is 14. The normalized spacial score (nSPS) is 16.2. The van der Waals surface area contributed by atoms with E-state index >= 15 is 33.6 Å². The lowest BCUT2D eigenvalue weighted by Crippen LogP contribution is -2.61. The maximum Gasteiger partial charge on any atom is 0.326 e. The van der Waals surface area contributed by atoms with Crippen LogP contribution < -0.4 is 97.8 Å². The number of hydrogen-bond donors (Lipinski definition) is 25. The Morgan fingerprint density at radius 1 is 0.388 bits per heavy atom. The van der Waals surface area contributed by atoms with E-state index in [0.29, 0.717) is 106 Å². The van der Waals surface area contributed by atoms with E-state index in [4.69, 9.17) is 39.5 Å². The van der Waals surface area contributed by atoms with Crippen LogP contribution in [0.25, 0.3) is 43.6 Å². The molecule has 41 heteroatoms. The second-order valence-electron chi connectivity index (χ2n) is 36.6. The van der Waals surface area contributed by atoms with Crippen LogP contribution in [0.4, 0.5) is 0 Å². The number of carboxylic acid groups (broad SMARTS) is 1. The summed E-state index contributed by atoms with van der Waals surface area (Å²) in [7, 11) is 0. The summed E-state index contributed by atoms with van der Waals surface area (Å²) in [5, 5.41) is 65.2. The average Bonchev–Trinajstić information content (AvgIpc) is 1.72. The summed E-state index contributed by atoms with van der Waals surface area (Å²) in [4.78, 5) is 223. The molecule has 2 saturated heterocycles. The highest BCUT2D eigenvalue weighted by Crippen LogP contribution is 2.29. The molecule has 10 rings (SSSR count). The maximum absolute atomic E-state index is 16.1. The molecule has 0 spiro atoms. The zero-order valence-electron chi connectivity index (χ0n) is 79.9. The quantitative estimate of drug-likeness (QED) is 0.0148. The van der Waals surface area contributed by atoms with E-state index in [1.165, 1.54) is 16.7 Å². The number of hydrogen-bond acceptors (Lipinski definition) is 19. The van der Waals surface area contributed by atoms with Gasteiger partial charge in [0.1, 0.15) is 78.5 Å². The molecule has 0 radical (unpaired) electrons. The number of H-pyrrole nitrogens is 4. The molecule has 8 aromatic rings. The Labute approximate surface area is 807 Å². The third-order valence-corrected chi connectivity index (χ3v) is 25.7. The zero-order chi connectivity index (χ0) is 100. The molecule has 6 heterocycles. The van der Waals surface area contributed by atoms with Crippen molar-refractivity contribution < 1.29 is 72.2 Å². The Morgan fingerprint density at radius 2 is 0.683 bits per heavy atom. The van der Waals surface area contributed by atoms with Crippen molar-refractivity contribution in [2.45, 2.75) is 261 Å². The number of rotatable bonds is 56. The highest BCUT2D eigenvalue weighted by atomic mass is 16.4. The van der Waals surface area contributed by atoms with Gasteiger partial charge in [0.25, 0.3) is 0 Å². The van der Waals surface area contributed by atoms with Crippen molar-refractivity contribution in [2.75, 3.05) is 45.8 Å². The number of aromatic amines is 4. The van der Waals surface area contributed by atoms with E-state index in [2.05, 4.69) is 89.1 Å². The molecule has 2 aliphatic rings. The van der Waals surface area contributed by atoms with Crippen molar-refractivity contribution in [1.82, 2.24) is 98.9 Å². The molecule has 0 bridgehead atoms. The average molecular weight is 1920 g/mol. The van der Waals surface area contributed by atoms with Crippen molar-refractivity contribution in [3.05, 3.63) is 144 Å². The molecule has 41 nitrogen and oxygen atoms in total. The Bertz CT molecular complexity index is 5570. The van der Waals surface area contributed by atoms with Crippen LogP contribution in [-0.2, 0) is 92.8 Å². The molecule has 2 fully saturated rings. The van der Waals surface area contributed by atoms with Gasteiger partial charge in [0.2, 0.25) is 76.8 Å². The van der Waals surface area contributed by atoms with Gasteiger partial charge in [-0.25, -0.2) is 4.79 Å². The SMILES string of the molecule is CC[C@H](C)[C@@H](NC(C)=O)C(=O)N[C@@H](CC(C)C)C(=O)N[C@@H](CCCCN)C(=O)N[C@@H](CCCCN)C(=O)N[C@@H](Cc1c[nH]c2ccccc12)C(=O)N1CCC[C@H]1C(=O)N[C@@H](Cc1c[nH]c2ccccc12)C(=O)N[C@@H](Cc1c[nH]c2ccccc12)C(=O)N1CCC[C@H]1C(=O)N[C@@H](Cc1c[nH]c2ccccc12)C(=O)N[C@@H](CCCNC(=N)N)C(=O)N[C@@H](CCCNC(=N)N)C(=O)N[C@H](CCCCN)C(=O)O. The Kier molecular flexibility index (Phi) is 40.9. The number of aromatic nitrogens is 4. The summed E-state index contributed by atoms with van der Waals surface area (Å²) in [5.41, 5.74) is 34.1. The second kappa shape index (κ2) is 53.1. The van der Waals surface area contributed by atoms with Crippen LogP contribution in [0.15, 0.2) is 122 Å². The number of fused-ring (bicyclic) bond motifs is 4. The minimum absolute atomic E-state index is 0.0126. The lowest BCUT2D eigenvalue weighted by Gasteiger charge is -2.32. The Balaban J connectivity index is 0.937. The van der Waals surface area contributed by atoms with Crippen LogP contribution in [0, 0.1) is 22.7 Å². The van der Waals surface area contributed by atoms with Crippen LogP contribution >= 0.6 is 0 Å². The van der Waals surface area contributed by atoms with Crippen LogP contribution in [0.3, 0.4) is 0 Å². The van der Waals surface area contributed by atoms with Crippen molar-refractivity contribution >= 4 is 138 Å². The molecule has 139 heavy (non-hydrogen) atoms. The topological polar surface area (TPSA) is 663 Å². The molecular formula is C98H140N26O15. The maximum atomic E-state index is 16.1. The van der Waals surface area contributed by atoms with Gasteiger partial charge in [-0.1, -0.05) is 107 Å². The van der Waals surface area contributed by atoms with Crippen molar-refractivity contribution in [1.29, 1.82) is 10.8 Å². The van der Waals surface area contributed by atoms with Gasteiger partial charge in [-0.05, 0) is 194 Å². The van der Waals surface area contributed by atoms with Gasteiger partial charge in [-0.15, -0.1) is 0 Å². The number of carboxylic acids is 1. The molecule has 13 amide bonds. The third-order valence-electron chi connectivity index (χ3n) is 25.7. The first kappa shape index (κ1) is 107. The number of benzene rings is 4. The molecular weight excluding hydrogens is 1780 g/mol. The number of nitrogens with two attached hydrogens (primary N) is 5. The lowest BCUT2D eigenvalue weighted by atomic mass is 9.96. The van der Waals surface area contributed by atoms with Crippen LogP contribution in [-0.4, -0.2) is 254 Å². The molecule has 0 saturated carbocycles. The minimum Gasteiger partial charge on any atom is -0.480 e. The van der Waals surface area contributed by atoms with E-state index in [0.717, 1.165) is 10.9 Å². The van der Waals surface area contributed by atoms with Gasteiger partial charge in [0.05, 0.1) is 0 Å². The van der Waals surface area contributed by atoms with Crippen LogP contribution in [0.5, 0.6) is 0 Å². The molecule has 0 aliphatic carbocycles. The van der Waals surface area contributed by atoms with Gasteiger partial charge in [-0.3, -0.25) is 73.1 Å². The van der Waals surface area contributed by atoms with Crippen molar-refractivity contribution in [3.8, 4) is 0 Å². The van der Waals surface area contributed by atoms with Gasteiger partial charge in [0.15, 0.2) is 11.9 Å². The van der Waals surface area contributed by atoms with E-state index in [1.54, 1.807) is 37.8 Å². The van der Waals surface area contributed by atoms with E-state index < -0.39 is 161 Å². The predicted octanol–water partition coefficient (Wildman–Crippen LogP) is 2.31. The smallest absolute Gasteiger partial charge is 0.326 e. The standard InChI is InChI=1S/C98H140N26O15/c1-6-57(4)83(112-58(5)125)93(135)120-76(47-56(2)3)88(130)115-71(33-15-18-40-99)84(126)113-72(34-16-19-41-100)87(129)121-79(50-61-54-110-69-31-13-9-27-65(61)69)94(136)123-45-23-39-82(123)92(134)119-78(49-60-53-109-68-30-12-8-26-64(60)68)90(132)122-80(51-62-55-111-70-32-14-10-28-66(62)70)95(137)124-46-24-38-81(124)91(133)118-77(48-59-52-108-67-29-11-7-25-63(59)67)89(131)116-73(36-21-43-106-97(102)103)85(127)114-74(37-22-44-107-98(104)105)86(128)117-75(96(138)139)35-17-20-42-101/h7-14,25-32,52-57,71-83,108-111H,6,15-24,33-51,99-101H2,1-5H3,(H,112,125)(H,113,126)(H,114,127)(H,115,130)(H,116,131)(H,117,128)(H,118,133)(H,119,134)(H,120,135)(H,121,129)(H,122,132)(H,138,139)(H4,102,103,106)(H4,104,105,107)/t57-,71-,72-,73-,74-,75+,76-,77-,78-,79-,80-,81-,82-,83+/m0/s1. The third kappa shape index (κ3) is 30.8. The van der Waals surface area contributed by atoms with Gasteiger partial charge in [0, 0.05) is 127 Å². The molecule has 752 valence electrons. The summed E-state index contributed by atoms with van der Waals surface area (Å²) in [6.45, 7) is 9.62. The second-order valence-corrected chi connectivity index (χ2v) is 36.6. The first-order valence-electron chi connectivity index (χ1n) is 48.4. The zero-order valence-corrected chi connectivity index (χ0v) is 79.9. The summed E-state index contributed by atoms with van der Waals surface area (Å²) in [6.07, 6.45) is 10.1. The number of likely N-dealkylation sites (tertiary alicyclic amines) is 2. The summed E-state index contributed by atoms with van der Waals surface area (Å²) < 4.78 is 0. The fourth-order valence-electron chi connectivity index (χ4n) is 18.1. The largest absolute Gasteiger partial charge is 0.480 e. The van der Waals surface area contributed by atoms with E-state index in [9.17, 15) is 38.7 Å². The number of unbranched alkanes of at least 4 members (excludes halogenated alkanes) is 3. The molecule has 2 aliphatic heterocycles. The van der Waals surface area contributed by atoms with Crippen molar-refractivity contribution in [2.24, 2.45) is 40.5 Å². The summed E-state index contributed by atoms with van der Waals surface area (Å²) in [6, 6.07) is 11.8. The highest BCUT2D eigenvalue weighted by molar-refractivity contribution is 6.02. The molecule has 4 aromatic heterocycles. The van der Waals surface area contributed by atoms with Crippen LogP contribution in [0.1, 0.15) is 179 Å². The number of carbonyl (C=O) groups excluding carboxylic acids is 13. The number of nitrogens with zero attached hydrogens (tertiary/aromatic N) is 2. The minimum atomic E-state index is -1.50. The fraction of sp³-hybridized carbons (Fsp3) is 0.510. The number of guanidine groups is 2. The van der Waals surface area contributed by atoms with Gasteiger partial charge >= 0.3 is 5.97 Å². The van der Waals surface area contributed by atoms with Crippen LogP contribution in [0.2, 0.25) is 0 Å². The number of para-hydroxylation sites is 4. The number of aliphatic carboxylic acids is 1. The molecule has 0 unspecified atom stereocenters. The Hall–Kier alpha value is -14.0. The number of nitrogens with one attached hydrogen (secondary N) is 19. The van der Waals surface area contributed by atoms with Gasteiger partial charge < -0.3 is 133 Å². The first-order valence-corrected chi connectivity index (χ1v) is 48.4. The lowest BCUT2D eigenvalue weighted by molar-refractivity contribution is -0.143. The highest BCUT2D eigenvalue weighted by Gasteiger charge is 2.45. The summed E-state index contributed by atoms with van der Waals surface area (Å²) >= 11 is 0. The first-order chi connectivity index (χ1) is 66.8. The Morgan fingerprint density at radius 3 is 1.00 bits per heavy atom. The summed E-state index contributed by atoms with van der Waals surface area (Å²) in [5.74, 6) is -12.0. The van der Waals surface area contributed by atoms with Crippen molar-refractivity contribution in [3.63, 3.8) is 0 Å². The number of amides is 13. The fourth-order valence-corrected chi connectivity index (χ4v) is 18.1. The molecule has 4 aromatic carbocycles. The van der Waals surface area contributed by atoms with E-state index in [1.807, 2.05) is 112 Å². The predicted molar refractivity (Wildman–Crippen MR) is 528 cm³/mol.